The van der Waals surface area contributed by atoms with E-state index in [0.29, 0.717) is 6.04 Å². The number of rotatable bonds is 15. The number of imidazole rings is 1. The maximum atomic E-state index is 10.00. The number of aliphatic hydroxyl groups excluding tert-OH is 1. The number of hydrogen-bond acceptors (Lipinski definition) is 4. The lowest BCUT2D eigenvalue weighted by molar-refractivity contribution is 0.127. The van der Waals surface area contributed by atoms with E-state index < -0.39 is 0 Å². The molecule has 0 aliphatic heterocycles. The first kappa shape index (κ1) is 29.4. The van der Waals surface area contributed by atoms with Crippen LogP contribution in [0.1, 0.15) is 101 Å². The Kier molecular flexibility index (Phi) is 11.5. The van der Waals surface area contributed by atoms with Gasteiger partial charge in [-0.3, -0.25) is 4.90 Å². The highest BCUT2D eigenvalue weighted by Crippen LogP contribution is 2.35. The van der Waals surface area contributed by atoms with Crippen molar-refractivity contribution >= 4 is 0 Å². The van der Waals surface area contributed by atoms with Gasteiger partial charge in [0.05, 0.1) is 31.6 Å². The fourth-order valence-electron chi connectivity index (χ4n) is 6.23. The zero-order chi connectivity index (χ0) is 27.5. The third kappa shape index (κ3) is 7.73. The maximum absolute atomic E-state index is 10.00. The molecule has 212 valence electrons. The molecule has 5 heteroatoms. The van der Waals surface area contributed by atoms with Crippen LogP contribution >= 0.6 is 0 Å². The fourth-order valence-corrected chi connectivity index (χ4v) is 6.23. The molecular weight excluding hydrogens is 482 g/mol. The zero-order valence-corrected chi connectivity index (χ0v) is 24.4. The van der Waals surface area contributed by atoms with Crippen molar-refractivity contribution in [3.05, 3.63) is 71.5 Å². The molecule has 4 rings (SSSR count). The van der Waals surface area contributed by atoms with Crippen LogP contribution in [0.3, 0.4) is 0 Å². The summed E-state index contributed by atoms with van der Waals surface area (Å²) in [6, 6.07) is 17.3. The van der Waals surface area contributed by atoms with Crippen molar-refractivity contribution in [2.45, 2.75) is 104 Å². The van der Waals surface area contributed by atoms with E-state index in [1.165, 1.54) is 61.8 Å². The Bertz CT molecular complexity index is 1120. The smallest absolute Gasteiger partial charge is 0.140 e. The Morgan fingerprint density at radius 3 is 2.49 bits per heavy atom. The van der Waals surface area contributed by atoms with E-state index in [2.05, 4.69) is 72.0 Å². The predicted molar refractivity (Wildman–Crippen MR) is 161 cm³/mol. The number of hydrogen-bond donors (Lipinski definition) is 1. The summed E-state index contributed by atoms with van der Waals surface area (Å²) >= 11 is 0. The highest BCUT2D eigenvalue weighted by molar-refractivity contribution is 5.56. The molecule has 1 N–H and O–H groups in total. The van der Waals surface area contributed by atoms with E-state index in [9.17, 15) is 5.11 Å². The Morgan fingerprint density at radius 1 is 1.03 bits per heavy atom. The first-order chi connectivity index (χ1) is 19.2. The number of methoxy groups -OCH3 is 1. The van der Waals surface area contributed by atoms with E-state index in [1.807, 2.05) is 6.07 Å². The van der Waals surface area contributed by atoms with Gasteiger partial charge in [0.1, 0.15) is 11.6 Å². The highest BCUT2D eigenvalue weighted by Gasteiger charge is 2.28. The lowest BCUT2D eigenvalue weighted by Crippen LogP contribution is -2.35. The third-order valence-electron chi connectivity index (χ3n) is 8.39. The van der Waals surface area contributed by atoms with Gasteiger partial charge in [-0.2, -0.15) is 0 Å². The van der Waals surface area contributed by atoms with Crippen LogP contribution in [0.25, 0.3) is 11.4 Å². The van der Waals surface area contributed by atoms with Crippen molar-refractivity contribution in [2.24, 2.45) is 5.92 Å². The molecular formula is C34H49N3O2. The summed E-state index contributed by atoms with van der Waals surface area (Å²) in [6.45, 7) is 7.51. The third-order valence-corrected chi connectivity index (χ3v) is 8.39. The number of unbranched alkanes of at least 4 members (excludes halogenated alkanes) is 2. The second-order valence-electron chi connectivity index (χ2n) is 11.3. The molecule has 0 spiro atoms. The minimum atomic E-state index is -0.0108. The molecule has 1 aliphatic carbocycles. The summed E-state index contributed by atoms with van der Waals surface area (Å²) in [5.74, 6) is 2.58. The first-order valence-corrected chi connectivity index (χ1v) is 15.3. The second-order valence-corrected chi connectivity index (χ2v) is 11.3. The van der Waals surface area contributed by atoms with Crippen LogP contribution in [0.4, 0.5) is 0 Å². The molecule has 1 atom stereocenters. The normalized spacial score (nSPS) is 15.1. The van der Waals surface area contributed by atoms with Crippen LogP contribution < -0.4 is 4.74 Å². The van der Waals surface area contributed by atoms with E-state index in [4.69, 9.17) is 9.72 Å². The van der Waals surface area contributed by atoms with Crippen molar-refractivity contribution < 1.29 is 9.84 Å². The Hall–Kier alpha value is -2.63. The Morgan fingerprint density at radius 2 is 1.79 bits per heavy atom. The summed E-state index contributed by atoms with van der Waals surface area (Å²) < 4.78 is 8.01. The molecule has 0 bridgehead atoms. The first-order valence-electron chi connectivity index (χ1n) is 15.3. The van der Waals surface area contributed by atoms with Crippen molar-refractivity contribution in [1.29, 1.82) is 0 Å². The van der Waals surface area contributed by atoms with E-state index in [-0.39, 0.29) is 6.61 Å². The number of benzene rings is 2. The topological polar surface area (TPSA) is 50.5 Å². The van der Waals surface area contributed by atoms with Gasteiger partial charge < -0.3 is 14.4 Å². The van der Waals surface area contributed by atoms with E-state index in [0.717, 1.165) is 62.0 Å². The van der Waals surface area contributed by atoms with Crippen LogP contribution in [0.15, 0.2) is 54.7 Å². The van der Waals surface area contributed by atoms with E-state index in [1.54, 1.807) is 7.11 Å². The van der Waals surface area contributed by atoms with Gasteiger partial charge in [0, 0.05) is 30.8 Å². The van der Waals surface area contributed by atoms with Gasteiger partial charge in [0.15, 0.2) is 0 Å². The van der Waals surface area contributed by atoms with Crippen molar-refractivity contribution in [2.75, 3.05) is 13.7 Å². The molecule has 39 heavy (non-hydrogen) atoms. The number of aliphatic hydroxyl groups is 1. The summed E-state index contributed by atoms with van der Waals surface area (Å²) in [5, 5.41) is 10.00. The summed E-state index contributed by atoms with van der Waals surface area (Å²) in [6.07, 6.45) is 14.7. The second kappa shape index (κ2) is 15.2. The molecule has 2 aromatic carbocycles. The summed E-state index contributed by atoms with van der Waals surface area (Å²) in [5.41, 5.74) is 4.63. The maximum Gasteiger partial charge on any atom is 0.140 e. The van der Waals surface area contributed by atoms with Gasteiger partial charge in [-0.1, -0.05) is 88.8 Å². The monoisotopic (exact) mass is 531 g/mol. The average molecular weight is 532 g/mol. The minimum Gasteiger partial charge on any atom is -0.496 e. The minimum absolute atomic E-state index is 0.0108. The predicted octanol–water partition coefficient (Wildman–Crippen LogP) is 8.16. The van der Waals surface area contributed by atoms with Crippen LogP contribution in [0.5, 0.6) is 5.75 Å². The highest BCUT2D eigenvalue weighted by atomic mass is 16.5. The van der Waals surface area contributed by atoms with Gasteiger partial charge in [0.25, 0.3) is 0 Å². The van der Waals surface area contributed by atoms with Gasteiger partial charge in [0.2, 0.25) is 0 Å². The Labute approximate surface area is 236 Å². The molecule has 1 heterocycles. The molecule has 1 fully saturated rings. The quantitative estimate of drug-likeness (QED) is 0.215. The van der Waals surface area contributed by atoms with Crippen molar-refractivity contribution in [3.63, 3.8) is 0 Å². The van der Waals surface area contributed by atoms with Gasteiger partial charge in [-0.25, -0.2) is 4.98 Å². The average Bonchev–Trinajstić information content (AvgIpc) is 3.40. The largest absolute Gasteiger partial charge is 0.496 e. The molecule has 1 aromatic heterocycles. The van der Waals surface area contributed by atoms with Crippen LogP contribution in [-0.2, 0) is 19.7 Å². The fraction of sp³-hybridized carbons (Fsp3) is 0.559. The van der Waals surface area contributed by atoms with E-state index >= 15 is 0 Å². The molecule has 0 saturated heterocycles. The van der Waals surface area contributed by atoms with Crippen LogP contribution in [-0.4, -0.2) is 33.2 Å². The van der Waals surface area contributed by atoms with Crippen LogP contribution in [0.2, 0.25) is 0 Å². The van der Waals surface area contributed by atoms with Crippen molar-refractivity contribution in [1.82, 2.24) is 14.5 Å². The standard InChI is InChI=1S/C34H49N3O2/c1-4-6-18-31(32-23-35-34(37(32)21-7-5-2)29-16-12-9-13-17-29)36(24-27-14-10-8-11-15-27)25-28-19-20-33(39-3)30(22-28)26-38/h9,12-13,16-17,19-20,22-23,27,31,38H,4-8,10-11,14-15,18,21,24-26H2,1-3H3. The summed E-state index contributed by atoms with van der Waals surface area (Å²) in [4.78, 5) is 7.78. The lowest BCUT2D eigenvalue weighted by atomic mass is 9.88. The molecule has 3 aromatic rings. The molecule has 1 unspecified atom stereocenters. The molecule has 5 nitrogen and oxygen atoms in total. The Balaban J connectivity index is 1.74. The van der Waals surface area contributed by atoms with Crippen LogP contribution in [0, 0.1) is 5.92 Å². The number of nitrogens with zero attached hydrogens (tertiary/aromatic N) is 3. The molecule has 1 aliphatic rings. The van der Waals surface area contributed by atoms with Gasteiger partial charge in [-0.15, -0.1) is 0 Å². The number of aromatic nitrogens is 2. The van der Waals surface area contributed by atoms with Gasteiger partial charge >= 0.3 is 0 Å². The molecule has 0 radical (unpaired) electrons. The molecule has 1 saturated carbocycles. The SMILES string of the molecule is CCCCC(c1cnc(-c2ccccc2)n1CCCC)N(Cc1ccc(OC)c(CO)c1)CC1CCCCC1. The van der Waals surface area contributed by atoms with Crippen molar-refractivity contribution in [3.8, 4) is 17.1 Å². The molecule has 0 amide bonds. The zero-order valence-electron chi connectivity index (χ0n) is 24.4. The van der Waals surface area contributed by atoms with Gasteiger partial charge in [-0.05, 0) is 49.3 Å². The lowest BCUT2D eigenvalue weighted by Gasteiger charge is -2.36. The number of ether oxygens (including phenoxy) is 1. The summed E-state index contributed by atoms with van der Waals surface area (Å²) in [7, 11) is 1.67.